The Labute approximate surface area is 115 Å². The topological polar surface area (TPSA) is 44.8 Å². The van der Waals surface area contributed by atoms with E-state index in [0.717, 1.165) is 39.1 Å². The lowest BCUT2D eigenvalue weighted by molar-refractivity contribution is -0.135. The minimum atomic E-state index is 0.320. The number of ether oxygens (including phenoxy) is 1. The zero-order valence-corrected chi connectivity index (χ0v) is 11.9. The molecule has 3 saturated heterocycles. The van der Waals surface area contributed by atoms with Crippen molar-refractivity contribution >= 4 is 5.91 Å². The summed E-state index contributed by atoms with van der Waals surface area (Å²) in [5.41, 5.74) is 0.458. The van der Waals surface area contributed by atoms with E-state index in [1.54, 1.807) is 0 Å². The number of rotatable bonds is 3. The Morgan fingerprint density at radius 3 is 2.74 bits per heavy atom. The van der Waals surface area contributed by atoms with Crippen LogP contribution in [0, 0.1) is 11.3 Å². The molecule has 108 valence electrons. The number of nitrogens with one attached hydrogen (secondary N) is 1. The largest absolute Gasteiger partial charge is 0.378 e. The van der Waals surface area contributed by atoms with Gasteiger partial charge in [-0.3, -0.25) is 4.79 Å². The smallest absolute Gasteiger partial charge is 0.222 e. The highest BCUT2D eigenvalue weighted by Crippen LogP contribution is 2.41. The van der Waals surface area contributed by atoms with Crippen molar-refractivity contribution in [2.45, 2.75) is 12.8 Å². The first-order chi connectivity index (χ1) is 9.20. The zero-order valence-electron chi connectivity index (χ0n) is 11.9. The summed E-state index contributed by atoms with van der Waals surface area (Å²) in [7, 11) is 2.20. The lowest BCUT2D eigenvalue weighted by atomic mass is 9.71. The van der Waals surface area contributed by atoms with Crippen LogP contribution in [0.2, 0.25) is 0 Å². The third kappa shape index (κ3) is 2.64. The molecule has 1 amide bonds. The molecular weight excluding hydrogens is 242 g/mol. The minimum Gasteiger partial charge on any atom is -0.378 e. The molecule has 3 heterocycles. The van der Waals surface area contributed by atoms with Crippen LogP contribution in [0.5, 0.6) is 0 Å². The molecule has 1 atom stereocenters. The van der Waals surface area contributed by atoms with Gasteiger partial charge in [0.2, 0.25) is 5.91 Å². The summed E-state index contributed by atoms with van der Waals surface area (Å²) < 4.78 is 5.29. The van der Waals surface area contributed by atoms with Crippen molar-refractivity contribution < 1.29 is 9.53 Å². The van der Waals surface area contributed by atoms with Gasteiger partial charge >= 0.3 is 0 Å². The molecule has 0 radical (unpaired) electrons. The standard InChI is InChI=1S/C14H25N3O2/c1-16-8-12(14(11-16)9-15-10-14)2-3-13(18)17-4-6-19-7-5-17/h12,15H,2-11H2,1H3. The van der Waals surface area contributed by atoms with Crippen LogP contribution in [0.4, 0.5) is 0 Å². The van der Waals surface area contributed by atoms with Gasteiger partial charge in [-0.25, -0.2) is 0 Å². The highest BCUT2D eigenvalue weighted by molar-refractivity contribution is 5.76. The van der Waals surface area contributed by atoms with Crippen molar-refractivity contribution in [1.82, 2.24) is 15.1 Å². The van der Waals surface area contributed by atoms with Gasteiger partial charge in [0.15, 0.2) is 0 Å². The molecule has 0 aromatic carbocycles. The molecular formula is C14H25N3O2. The SMILES string of the molecule is CN1CC(CCC(=O)N2CCOCC2)C2(CNC2)C1. The van der Waals surface area contributed by atoms with Crippen molar-refractivity contribution in [3.63, 3.8) is 0 Å². The van der Waals surface area contributed by atoms with Gasteiger partial charge in [0, 0.05) is 51.1 Å². The van der Waals surface area contributed by atoms with Crippen LogP contribution in [-0.2, 0) is 9.53 Å². The van der Waals surface area contributed by atoms with Crippen LogP contribution < -0.4 is 5.32 Å². The maximum Gasteiger partial charge on any atom is 0.222 e. The van der Waals surface area contributed by atoms with E-state index >= 15 is 0 Å². The van der Waals surface area contributed by atoms with Gasteiger partial charge in [0.05, 0.1) is 13.2 Å². The Hall–Kier alpha value is -0.650. The second-order valence-corrected chi connectivity index (χ2v) is 6.39. The molecule has 0 aromatic heterocycles. The van der Waals surface area contributed by atoms with Crippen molar-refractivity contribution in [3.05, 3.63) is 0 Å². The van der Waals surface area contributed by atoms with Crippen molar-refractivity contribution in [1.29, 1.82) is 0 Å². The first-order valence-electron chi connectivity index (χ1n) is 7.44. The Morgan fingerprint density at radius 2 is 2.11 bits per heavy atom. The Morgan fingerprint density at radius 1 is 1.37 bits per heavy atom. The molecule has 3 rings (SSSR count). The molecule has 3 aliphatic rings. The fraction of sp³-hybridized carbons (Fsp3) is 0.929. The molecule has 5 nitrogen and oxygen atoms in total. The fourth-order valence-corrected chi connectivity index (χ4v) is 3.81. The van der Waals surface area contributed by atoms with Crippen LogP contribution in [0.25, 0.3) is 0 Å². The Bertz CT molecular complexity index is 338. The normalized spacial score (nSPS) is 30.6. The lowest BCUT2D eigenvalue weighted by Gasteiger charge is -2.44. The second-order valence-electron chi connectivity index (χ2n) is 6.39. The summed E-state index contributed by atoms with van der Waals surface area (Å²) in [6.07, 6.45) is 1.75. The molecule has 1 N–H and O–H groups in total. The summed E-state index contributed by atoms with van der Waals surface area (Å²) in [6.45, 7) is 7.56. The van der Waals surface area contributed by atoms with Gasteiger partial charge < -0.3 is 19.9 Å². The summed E-state index contributed by atoms with van der Waals surface area (Å²) in [6, 6.07) is 0. The Kier molecular flexibility index (Phi) is 3.78. The van der Waals surface area contributed by atoms with Gasteiger partial charge in [0.25, 0.3) is 0 Å². The minimum absolute atomic E-state index is 0.320. The van der Waals surface area contributed by atoms with E-state index in [0.29, 0.717) is 36.9 Å². The molecule has 3 fully saturated rings. The van der Waals surface area contributed by atoms with Crippen molar-refractivity contribution in [2.24, 2.45) is 11.3 Å². The number of nitrogens with zero attached hydrogens (tertiary/aromatic N) is 2. The molecule has 1 unspecified atom stereocenters. The van der Waals surface area contributed by atoms with Gasteiger partial charge in [-0.15, -0.1) is 0 Å². The third-order valence-electron chi connectivity index (χ3n) is 5.01. The number of carbonyl (C=O) groups excluding carboxylic acids is 1. The average Bonchev–Trinajstić information content (AvgIpc) is 2.74. The average molecular weight is 267 g/mol. The molecule has 19 heavy (non-hydrogen) atoms. The number of carbonyl (C=O) groups is 1. The highest BCUT2D eigenvalue weighted by atomic mass is 16.5. The zero-order chi connectivity index (χ0) is 13.3. The van der Waals surface area contributed by atoms with Gasteiger partial charge in [-0.1, -0.05) is 0 Å². The Balaban J connectivity index is 1.50. The summed E-state index contributed by atoms with van der Waals surface area (Å²) in [5.74, 6) is 1.00. The quantitative estimate of drug-likeness (QED) is 0.768. The van der Waals surface area contributed by atoms with Crippen molar-refractivity contribution in [3.8, 4) is 0 Å². The molecule has 1 spiro atoms. The first-order valence-corrected chi connectivity index (χ1v) is 7.44. The first kappa shape index (κ1) is 13.3. The summed E-state index contributed by atoms with van der Waals surface area (Å²) in [4.78, 5) is 16.6. The molecule has 5 heteroatoms. The van der Waals surface area contributed by atoms with E-state index in [1.807, 2.05) is 4.90 Å². The van der Waals surface area contributed by atoms with E-state index in [-0.39, 0.29) is 0 Å². The third-order valence-corrected chi connectivity index (χ3v) is 5.01. The maximum absolute atomic E-state index is 12.2. The van der Waals surface area contributed by atoms with E-state index in [4.69, 9.17) is 4.74 Å². The van der Waals surface area contributed by atoms with Crippen molar-refractivity contribution in [2.75, 3.05) is 59.5 Å². The summed E-state index contributed by atoms with van der Waals surface area (Å²) >= 11 is 0. The number of morpholine rings is 1. The molecule has 0 bridgehead atoms. The molecule has 0 saturated carbocycles. The predicted molar refractivity (Wildman–Crippen MR) is 72.9 cm³/mol. The van der Waals surface area contributed by atoms with Gasteiger partial charge in [-0.05, 0) is 19.4 Å². The van der Waals surface area contributed by atoms with Gasteiger partial charge in [0.1, 0.15) is 0 Å². The van der Waals surface area contributed by atoms with E-state index in [1.165, 1.54) is 6.54 Å². The predicted octanol–water partition coefficient (Wildman–Crippen LogP) is -0.223. The number of amides is 1. The molecule has 0 aromatic rings. The van der Waals surface area contributed by atoms with Crippen LogP contribution in [0.3, 0.4) is 0 Å². The van der Waals surface area contributed by atoms with E-state index in [2.05, 4.69) is 17.3 Å². The van der Waals surface area contributed by atoms with Crippen LogP contribution in [0.15, 0.2) is 0 Å². The van der Waals surface area contributed by atoms with E-state index in [9.17, 15) is 4.79 Å². The summed E-state index contributed by atoms with van der Waals surface area (Å²) in [5, 5.41) is 3.41. The molecule has 0 aliphatic carbocycles. The number of likely N-dealkylation sites (tertiary alicyclic amines) is 1. The maximum atomic E-state index is 12.2. The monoisotopic (exact) mass is 267 g/mol. The second kappa shape index (κ2) is 5.38. The van der Waals surface area contributed by atoms with Crippen LogP contribution in [0.1, 0.15) is 12.8 Å². The lowest BCUT2D eigenvalue weighted by Crippen LogP contribution is -2.58. The molecule has 3 aliphatic heterocycles. The number of hydrogen-bond donors (Lipinski definition) is 1. The van der Waals surface area contributed by atoms with Crippen LogP contribution >= 0.6 is 0 Å². The van der Waals surface area contributed by atoms with E-state index < -0.39 is 0 Å². The van der Waals surface area contributed by atoms with Gasteiger partial charge in [-0.2, -0.15) is 0 Å². The fourth-order valence-electron chi connectivity index (χ4n) is 3.81. The number of hydrogen-bond acceptors (Lipinski definition) is 4. The highest BCUT2D eigenvalue weighted by Gasteiger charge is 2.49. The van der Waals surface area contributed by atoms with Crippen LogP contribution in [-0.4, -0.2) is 75.2 Å².